The van der Waals surface area contributed by atoms with Gasteiger partial charge in [0.1, 0.15) is 6.04 Å². The molecular weight excluding hydrogens is 415 g/mol. The van der Waals surface area contributed by atoms with Crippen LogP contribution in [0.3, 0.4) is 0 Å². The molecule has 6 nitrogen and oxygen atoms in total. The number of carbonyl (C=O) groups is 2. The first kappa shape index (κ1) is 25.0. The van der Waals surface area contributed by atoms with Crippen molar-refractivity contribution in [2.45, 2.75) is 71.0 Å². The normalized spacial score (nSPS) is 15.2. The lowest BCUT2D eigenvalue weighted by Gasteiger charge is -2.34. The van der Waals surface area contributed by atoms with E-state index < -0.39 is 13.2 Å². The molecule has 0 saturated heterocycles. The molecule has 0 radical (unpaired) electrons. The molecule has 3 rings (SSSR count). The largest absolute Gasteiger partial charge is 0.488 e. The maximum atomic E-state index is 13.7. The summed E-state index contributed by atoms with van der Waals surface area (Å²) in [4.78, 5) is 28.8. The van der Waals surface area contributed by atoms with Gasteiger partial charge in [-0.25, -0.2) is 0 Å². The minimum atomic E-state index is -1.65. The number of benzene rings is 2. The first-order chi connectivity index (χ1) is 15.8. The van der Waals surface area contributed by atoms with Gasteiger partial charge in [-0.15, -0.1) is 0 Å². The molecule has 1 saturated carbocycles. The van der Waals surface area contributed by atoms with Crippen molar-refractivity contribution in [3.05, 3.63) is 65.7 Å². The Balaban J connectivity index is 2.00. The Morgan fingerprint density at radius 3 is 2.36 bits per heavy atom. The van der Waals surface area contributed by atoms with Gasteiger partial charge in [-0.3, -0.25) is 9.59 Å². The summed E-state index contributed by atoms with van der Waals surface area (Å²) in [5.41, 5.74) is 1.80. The Kier molecular flexibility index (Phi) is 9.09. The van der Waals surface area contributed by atoms with Crippen molar-refractivity contribution in [2.75, 3.05) is 0 Å². The molecule has 0 bridgehead atoms. The van der Waals surface area contributed by atoms with Crippen molar-refractivity contribution in [2.24, 2.45) is 5.92 Å². The first-order valence-corrected chi connectivity index (χ1v) is 11.9. The van der Waals surface area contributed by atoms with Crippen LogP contribution in [-0.4, -0.2) is 39.9 Å². The maximum Gasteiger partial charge on any atom is 0.488 e. The second-order valence-electron chi connectivity index (χ2n) is 9.40. The van der Waals surface area contributed by atoms with Crippen molar-refractivity contribution in [3.63, 3.8) is 0 Å². The summed E-state index contributed by atoms with van der Waals surface area (Å²) in [7, 11) is -1.65. The molecule has 33 heavy (non-hydrogen) atoms. The van der Waals surface area contributed by atoms with E-state index in [9.17, 15) is 19.6 Å². The number of hydrogen-bond donors (Lipinski definition) is 3. The van der Waals surface area contributed by atoms with Crippen molar-refractivity contribution in [1.82, 2.24) is 10.2 Å². The van der Waals surface area contributed by atoms with E-state index in [0.29, 0.717) is 24.0 Å². The van der Waals surface area contributed by atoms with E-state index in [4.69, 9.17) is 0 Å². The second-order valence-corrected chi connectivity index (χ2v) is 9.40. The summed E-state index contributed by atoms with van der Waals surface area (Å²) in [5, 5.41) is 22.6. The zero-order valence-corrected chi connectivity index (χ0v) is 19.6. The van der Waals surface area contributed by atoms with Crippen LogP contribution in [0.5, 0.6) is 0 Å². The number of nitrogens with one attached hydrogen (secondary N) is 1. The third-order valence-corrected chi connectivity index (χ3v) is 6.14. The zero-order valence-electron chi connectivity index (χ0n) is 19.6. The van der Waals surface area contributed by atoms with E-state index in [0.717, 1.165) is 31.2 Å². The smallest absolute Gasteiger partial charge is 0.423 e. The van der Waals surface area contributed by atoms with Gasteiger partial charge in [-0.2, -0.15) is 0 Å². The fourth-order valence-corrected chi connectivity index (χ4v) is 4.46. The molecule has 176 valence electrons. The molecule has 0 aliphatic heterocycles. The second kappa shape index (κ2) is 12.0. The average Bonchev–Trinajstić information content (AvgIpc) is 2.79. The van der Waals surface area contributed by atoms with Crippen molar-refractivity contribution >= 4 is 24.4 Å². The predicted molar refractivity (Wildman–Crippen MR) is 130 cm³/mol. The van der Waals surface area contributed by atoms with Gasteiger partial charge in [0.15, 0.2) is 0 Å². The van der Waals surface area contributed by atoms with Crippen LogP contribution in [0.4, 0.5) is 0 Å². The maximum absolute atomic E-state index is 13.7. The lowest BCUT2D eigenvalue weighted by atomic mass is 9.79. The Bertz CT molecular complexity index is 914. The topological polar surface area (TPSA) is 89.9 Å². The van der Waals surface area contributed by atoms with Gasteiger partial charge in [0.05, 0.1) is 0 Å². The molecule has 2 aromatic carbocycles. The van der Waals surface area contributed by atoms with Crippen LogP contribution < -0.4 is 10.8 Å². The summed E-state index contributed by atoms with van der Waals surface area (Å²) < 4.78 is 0. The van der Waals surface area contributed by atoms with Crippen LogP contribution in [0.25, 0.3) is 0 Å². The van der Waals surface area contributed by atoms with E-state index >= 15 is 0 Å². The molecule has 0 heterocycles. The summed E-state index contributed by atoms with van der Waals surface area (Å²) >= 11 is 0. The number of nitrogens with zero attached hydrogens (tertiary/aromatic N) is 1. The Hall–Kier alpha value is -2.64. The number of carbonyl (C=O) groups excluding carboxylic acids is 2. The summed E-state index contributed by atoms with van der Waals surface area (Å²) in [6, 6.07) is 15.5. The molecule has 1 fully saturated rings. The molecule has 1 aliphatic carbocycles. The number of rotatable bonds is 9. The predicted octanol–water partition coefficient (Wildman–Crippen LogP) is 2.93. The lowest BCUT2D eigenvalue weighted by Crippen LogP contribution is -2.47. The fraction of sp³-hybridized carbons (Fsp3) is 0.462. The van der Waals surface area contributed by atoms with Gasteiger partial charge in [-0.05, 0) is 35.3 Å². The quantitative estimate of drug-likeness (QED) is 0.513. The molecule has 1 atom stereocenters. The van der Waals surface area contributed by atoms with E-state index in [1.165, 1.54) is 6.42 Å². The zero-order chi connectivity index (χ0) is 23.8. The van der Waals surface area contributed by atoms with Gasteiger partial charge in [-0.1, -0.05) is 87.7 Å². The minimum absolute atomic E-state index is 0.0964. The molecule has 0 aromatic heterocycles. The van der Waals surface area contributed by atoms with Crippen LogP contribution in [0.2, 0.25) is 0 Å². The standard InChI is InChI=1S/C26H35BN2O4/c1-19(2)16-24(30)29(18-20-10-5-3-6-11-20)25(21-12-9-13-22(17-21)27(32)33)26(31)28-23-14-7-4-8-15-23/h3,5-6,9-13,17,19,23,25,32-33H,4,7-8,14-16,18H2,1-2H3,(H,28,31). The molecule has 7 heteroatoms. The highest BCUT2D eigenvalue weighted by molar-refractivity contribution is 6.58. The third kappa shape index (κ3) is 7.17. The van der Waals surface area contributed by atoms with Crippen molar-refractivity contribution in [3.8, 4) is 0 Å². The van der Waals surface area contributed by atoms with E-state index in [1.807, 2.05) is 44.2 Å². The fourth-order valence-electron chi connectivity index (χ4n) is 4.46. The SMILES string of the molecule is CC(C)CC(=O)N(Cc1ccccc1)C(C(=O)NC1CCCCC1)c1cccc(B(O)O)c1. The third-order valence-electron chi connectivity index (χ3n) is 6.14. The van der Waals surface area contributed by atoms with E-state index in [1.54, 1.807) is 29.2 Å². The van der Waals surface area contributed by atoms with Gasteiger partial charge < -0.3 is 20.3 Å². The molecule has 1 unspecified atom stereocenters. The van der Waals surface area contributed by atoms with Crippen LogP contribution in [-0.2, 0) is 16.1 Å². The number of hydrogen-bond acceptors (Lipinski definition) is 4. The van der Waals surface area contributed by atoms with Crippen LogP contribution in [0.15, 0.2) is 54.6 Å². The molecular formula is C26H35BN2O4. The van der Waals surface area contributed by atoms with Crippen LogP contribution in [0.1, 0.15) is 69.5 Å². The molecule has 0 spiro atoms. The Morgan fingerprint density at radius 2 is 1.73 bits per heavy atom. The van der Waals surface area contributed by atoms with Crippen LogP contribution >= 0.6 is 0 Å². The summed E-state index contributed by atoms with van der Waals surface area (Å²) in [6.45, 7) is 4.26. The Morgan fingerprint density at radius 1 is 1.03 bits per heavy atom. The van der Waals surface area contributed by atoms with E-state index in [2.05, 4.69) is 5.32 Å². The molecule has 1 aliphatic rings. The Labute approximate surface area is 197 Å². The highest BCUT2D eigenvalue weighted by atomic mass is 16.4. The average molecular weight is 450 g/mol. The van der Waals surface area contributed by atoms with Gasteiger partial charge in [0, 0.05) is 19.0 Å². The highest BCUT2D eigenvalue weighted by Crippen LogP contribution is 2.27. The number of amides is 2. The minimum Gasteiger partial charge on any atom is -0.423 e. The monoisotopic (exact) mass is 450 g/mol. The van der Waals surface area contributed by atoms with E-state index in [-0.39, 0.29) is 23.8 Å². The van der Waals surface area contributed by atoms with Gasteiger partial charge in [0.2, 0.25) is 11.8 Å². The van der Waals surface area contributed by atoms with Gasteiger partial charge in [0.25, 0.3) is 0 Å². The lowest BCUT2D eigenvalue weighted by molar-refractivity contribution is -0.142. The first-order valence-electron chi connectivity index (χ1n) is 11.9. The highest BCUT2D eigenvalue weighted by Gasteiger charge is 2.33. The van der Waals surface area contributed by atoms with Crippen molar-refractivity contribution in [1.29, 1.82) is 0 Å². The van der Waals surface area contributed by atoms with Crippen LogP contribution in [0, 0.1) is 5.92 Å². The van der Waals surface area contributed by atoms with Gasteiger partial charge >= 0.3 is 7.12 Å². The molecule has 2 amide bonds. The molecule has 3 N–H and O–H groups in total. The molecule has 2 aromatic rings. The van der Waals surface area contributed by atoms with Crippen molar-refractivity contribution < 1.29 is 19.6 Å². The summed E-state index contributed by atoms with van der Waals surface area (Å²) in [5.74, 6) is -0.185. The summed E-state index contributed by atoms with van der Waals surface area (Å²) in [6.07, 6.45) is 5.55.